The lowest BCUT2D eigenvalue weighted by atomic mass is 9.82. The van der Waals surface area contributed by atoms with Crippen molar-refractivity contribution in [1.82, 2.24) is 4.90 Å². The number of benzene rings is 4. The van der Waals surface area contributed by atoms with Gasteiger partial charge in [0.2, 0.25) is 5.91 Å². The van der Waals surface area contributed by atoms with E-state index >= 15 is 0 Å². The number of hydrogen-bond donors (Lipinski definition) is 3. The fourth-order valence-corrected chi connectivity index (χ4v) is 10.3. The number of hydrogen-bond acceptors (Lipinski definition) is 7. The summed E-state index contributed by atoms with van der Waals surface area (Å²) in [5.74, 6) is -0.722. The molecule has 4 atom stereocenters. The van der Waals surface area contributed by atoms with Gasteiger partial charge in [-0.05, 0) is 66.7 Å². The Labute approximate surface area is 299 Å². The van der Waals surface area contributed by atoms with Crippen molar-refractivity contribution in [2.24, 2.45) is 5.92 Å². The van der Waals surface area contributed by atoms with Crippen LogP contribution >= 0.6 is 0 Å². The number of rotatable bonds is 12. The van der Waals surface area contributed by atoms with Gasteiger partial charge in [-0.15, -0.1) is 0 Å². The first-order chi connectivity index (χ1) is 24.5. The van der Waals surface area contributed by atoms with Gasteiger partial charge in [0.25, 0.3) is 11.8 Å². The van der Waals surface area contributed by atoms with Crippen LogP contribution in [0.3, 0.4) is 0 Å². The highest BCUT2D eigenvalue weighted by Crippen LogP contribution is 2.60. The van der Waals surface area contributed by atoms with Crippen molar-refractivity contribution < 1.29 is 33.8 Å². The molecule has 0 aromatic heterocycles. The highest BCUT2D eigenvalue weighted by Gasteiger charge is 2.66. The van der Waals surface area contributed by atoms with Crippen LogP contribution in [0.15, 0.2) is 103 Å². The normalized spacial score (nSPS) is 21.1. The van der Waals surface area contributed by atoms with Gasteiger partial charge in [-0.1, -0.05) is 67.6 Å². The van der Waals surface area contributed by atoms with Gasteiger partial charge < -0.3 is 34.5 Å². The van der Waals surface area contributed by atoms with Crippen molar-refractivity contribution in [2.75, 3.05) is 30.5 Å². The Kier molecular flexibility index (Phi) is 10.5. The maximum Gasteiger partial charge on any atom is 0.264 e. The molecule has 266 valence electrons. The predicted molar refractivity (Wildman–Crippen MR) is 198 cm³/mol. The molecule has 10 nitrogen and oxygen atoms in total. The molecule has 1 saturated heterocycles. The number of nitrogens with zero attached hydrogens (tertiary/aromatic N) is 2. The minimum Gasteiger partial charge on any atom is -0.497 e. The summed E-state index contributed by atoms with van der Waals surface area (Å²) in [6.07, 6.45) is -0.849. The van der Waals surface area contributed by atoms with Crippen molar-refractivity contribution >= 4 is 37.4 Å². The smallest absolute Gasteiger partial charge is 0.264 e. The van der Waals surface area contributed by atoms with Crippen molar-refractivity contribution in [2.45, 2.75) is 56.8 Å². The molecular weight excluding hydrogens is 663 g/mol. The van der Waals surface area contributed by atoms with Crippen molar-refractivity contribution in [3.63, 3.8) is 0 Å². The summed E-state index contributed by atoms with van der Waals surface area (Å²) >= 11 is 0. The summed E-state index contributed by atoms with van der Waals surface area (Å²) in [6, 6.07) is 31.4. The zero-order valence-corrected chi connectivity index (χ0v) is 30.4. The number of carbonyl (C=O) groups is 3. The first-order valence-corrected chi connectivity index (χ1v) is 20.3. The molecule has 2 aliphatic rings. The van der Waals surface area contributed by atoms with Crippen molar-refractivity contribution in [3.8, 4) is 5.75 Å². The lowest BCUT2D eigenvalue weighted by molar-refractivity contribution is -0.150. The Bertz CT molecular complexity index is 1870. The largest absolute Gasteiger partial charge is 0.497 e. The molecule has 3 amide bonds. The number of ether oxygens (including phenoxy) is 2. The summed E-state index contributed by atoms with van der Waals surface area (Å²) in [6.45, 7) is 6.08. The van der Waals surface area contributed by atoms with Crippen LogP contribution in [0, 0.1) is 5.92 Å². The fourth-order valence-electron chi connectivity index (χ4n) is 7.74. The number of amides is 3. The minimum atomic E-state index is -3.07. The quantitative estimate of drug-likeness (QED) is 0.161. The maximum absolute atomic E-state index is 14.9. The summed E-state index contributed by atoms with van der Waals surface area (Å²) in [5, 5.41) is 12.8. The summed E-state index contributed by atoms with van der Waals surface area (Å²) in [5.41, 5.74) is 1.99. The molecule has 4 aromatic carbocycles. The highest BCUT2D eigenvalue weighted by molar-refractivity contribution is 6.71. The topological polar surface area (TPSA) is 129 Å². The summed E-state index contributed by atoms with van der Waals surface area (Å²) in [4.78, 5) is 57.3. The molecule has 0 radical (unpaired) electrons. The lowest BCUT2D eigenvalue weighted by Crippen LogP contribution is -2.46. The molecule has 4 aromatic rings. The zero-order chi connectivity index (χ0) is 36.3. The molecule has 0 aliphatic carbocycles. The Morgan fingerprint density at radius 2 is 1.61 bits per heavy atom. The van der Waals surface area contributed by atoms with Crippen LogP contribution in [-0.4, -0.2) is 67.2 Å². The second-order valence-electron chi connectivity index (χ2n) is 13.9. The number of aliphatic hydroxyl groups is 1. The molecule has 2 heterocycles. The number of anilines is 2. The van der Waals surface area contributed by atoms with E-state index in [1.165, 1.54) is 0 Å². The highest BCUT2D eigenvalue weighted by atomic mass is 28.4. The minimum absolute atomic E-state index is 0.0736. The van der Waals surface area contributed by atoms with Gasteiger partial charge in [-0.25, -0.2) is 0 Å². The molecule has 0 saturated carbocycles. The third kappa shape index (κ3) is 7.20. The fraction of sp³-hybridized carbons (Fsp3) is 0.325. The van der Waals surface area contributed by atoms with Crippen LogP contribution in [0.5, 0.6) is 5.75 Å². The second kappa shape index (κ2) is 14.8. The van der Waals surface area contributed by atoms with Gasteiger partial charge in [0.15, 0.2) is 13.9 Å². The van der Waals surface area contributed by atoms with Crippen LogP contribution in [-0.2, 0) is 33.0 Å². The molecule has 11 heteroatoms. The number of methoxy groups -OCH3 is 1. The van der Waals surface area contributed by atoms with E-state index in [1.807, 2.05) is 86.7 Å². The predicted octanol–water partition coefficient (Wildman–Crippen LogP) is 5.70. The zero-order valence-electron chi connectivity index (χ0n) is 29.4. The van der Waals surface area contributed by atoms with Crippen LogP contribution in [0.1, 0.15) is 40.4 Å². The average Bonchev–Trinajstić information content (AvgIpc) is 3.54. The van der Waals surface area contributed by atoms with E-state index in [4.69, 9.17) is 9.47 Å². The van der Waals surface area contributed by atoms with Gasteiger partial charge in [0, 0.05) is 41.4 Å². The van der Waals surface area contributed by atoms with Crippen LogP contribution in [0.25, 0.3) is 0 Å². The SMILES string of the molecule is COc1ccc(C(=O)Nc2ccc3c(c2)[C@@]2(O[C@H](CC(=O)N(CCO)Cc4ccccc4)[C@@H]([Si](C)(C)O)[C@@H]2C)C(=O)N3Cc2ccccc2)cc1. The van der Waals surface area contributed by atoms with E-state index in [1.54, 1.807) is 53.3 Å². The molecule has 1 fully saturated rings. The molecule has 0 unspecified atom stereocenters. The maximum atomic E-state index is 14.9. The Morgan fingerprint density at radius 3 is 2.22 bits per heavy atom. The monoisotopic (exact) mass is 707 g/mol. The van der Waals surface area contributed by atoms with E-state index in [0.29, 0.717) is 34.8 Å². The van der Waals surface area contributed by atoms with E-state index in [9.17, 15) is 24.3 Å². The second-order valence-corrected chi connectivity index (χ2v) is 17.9. The van der Waals surface area contributed by atoms with Gasteiger partial charge in [-0.2, -0.15) is 0 Å². The van der Waals surface area contributed by atoms with E-state index in [-0.39, 0.29) is 43.8 Å². The molecule has 3 N–H and O–H groups in total. The van der Waals surface area contributed by atoms with Gasteiger partial charge in [-0.3, -0.25) is 14.4 Å². The summed E-state index contributed by atoms with van der Waals surface area (Å²) < 4.78 is 12.2. The molecule has 1 spiro atoms. The van der Waals surface area contributed by atoms with Gasteiger partial charge >= 0.3 is 0 Å². The lowest BCUT2D eigenvalue weighted by Gasteiger charge is -2.32. The third-order valence-corrected chi connectivity index (χ3v) is 12.6. The molecule has 2 aliphatic heterocycles. The molecular formula is C40H45N3O7Si. The summed E-state index contributed by atoms with van der Waals surface area (Å²) in [7, 11) is -1.51. The van der Waals surface area contributed by atoms with E-state index in [0.717, 1.165) is 11.1 Å². The number of carbonyl (C=O) groups excluding carboxylic acids is 3. The van der Waals surface area contributed by atoms with Gasteiger partial charge in [0.1, 0.15) is 5.75 Å². The van der Waals surface area contributed by atoms with E-state index < -0.39 is 31.5 Å². The number of aliphatic hydroxyl groups excluding tert-OH is 1. The van der Waals surface area contributed by atoms with Gasteiger partial charge in [0.05, 0.1) is 38.5 Å². The third-order valence-electron chi connectivity index (χ3n) is 10.1. The molecule has 6 rings (SSSR count). The van der Waals surface area contributed by atoms with E-state index in [2.05, 4.69) is 5.32 Å². The first kappa shape index (κ1) is 36.0. The standard InChI is InChI=1S/C40H45N3O7Si/c1-27-37(51(3,4)48)35(24-36(45)42(21-22-44)25-28-11-7-5-8-12-28)50-40(27)33-23-31(41-38(46)30-15-18-32(49-2)19-16-30)17-20-34(33)43(39(40)47)26-29-13-9-6-10-14-29/h5-20,23,27,35,37,44,48H,21-22,24-26H2,1-4H3,(H,41,46)/t27-,35+,37-,40+/m0/s1. The van der Waals surface area contributed by atoms with Crippen LogP contribution in [0.2, 0.25) is 18.6 Å². The Hall–Kier alpha value is -4.81. The van der Waals surface area contributed by atoms with Crippen molar-refractivity contribution in [1.29, 1.82) is 0 Å². The average molecular weight is 708 g/mol. The van der Waals surface area contributed by atoms with Crippen LogP contribution in [0.4, 0.5) is 11.4 Å². The van der Waals surface area contributed by atoms with Crippen LogP contribution < -0.4 is 15.0 Å². The molecule has 51 heavy (non-hydrogen) atoms. The molecule has 0 bridgehead atoms. The number of nitrogens with one attached hydrogen (secondary N) is 1. The Balaban J connectivity index is 1.37. The van der Waals surface area contributed by atoms with Crippen molar-refractivity contribution in [3.05, 3.63) is 125 Å². The Morgan fingerprint density at radius 1 is 0.961 bits per heavy atom. The number of fused-ring (bicyclic) bond motifs is 2. The first-order valence-electron chi connectivity index (χ1n) is 17.2.